The molecule has 23 heavy (non-hydrogen) atoms. The number of thioether (sulfide) groups is 1. The average Bonchev–Trinajstić information content (AvgIpc) is 2.95. The lowest BCUT2D eigenvalue weighted by atomic mass is 10.2. The van der Waals surface area contributed by atoms with Gasteiger partial charge in [-0.05, 0) is 37.7 Å². The van der Waals surface area contributed by atoms with Crippen LogP contribution in [0.25, 0.3) is 0 Å². The molecule has 1 atom stereocenters. The molecule has 1 N–H and O–H groups in total. The van der Waals surface area contributed by atoms with E-state index in [1.54, 1.807) is 11.8 Å². The van der Waals surface area contributed by atoms with E-state index in [2.05, 4.69) is 10.2 Å². The van der Waals surface area contributed by atoms with Gasteiger partial charge in [-0.2, -0.15) is 11.8 Å². The summed E-state index contributed by atoms with van der Waals surface area (Å²) in [6.07, 6.45) is 9.11. The van der Waals surface area contributed by atoms with Crippen molar-refractivity contribution in [1.29, 1.82) is 0 Å². The van der Waals surface area contributed by atoms with Gasteiger partial charge in [0.1, 0.15) is 6.04 Å². The monoisotopic (exact) mass is 341 g/mol. The molecule has 1 saturated heterocycles. The van der Waals surface area contributed by atoms with Gasteiger partial charge in [-0.15, -0.1) is 0 Å². The van der Waals surface area contributed by atoms with Crippen molar-refractivity contribution in [2.45, 2.75) is 57.5 Å². The van der Waals surface area contributed by atoms with Crippen molar-refractivity contribution >= 4 is 23.6 Å². The molecule has 0 aromatic carbocycles. The predicted molar refractivity (Wildman–Crippen MR) is 95.6 cm³/mol. The van der Waals surface area contributed by atoms with Crippen LogP contribution in [0.1, 0.15) is 45.4 Å². The molecule has 2 aliphatic rings. The summed E-state index contributed by atoms with van der Waals surface area (Å²) in [5, 5.41) is 2.84. The molecule has 6 heteroatoms. The van der Waals surface area contributed by atoms with Crippen LogP contribution >= 0.6 is 11.8 Å². The minimum atomic E-state index is -0.363. The molecule has 0 radical (unpaired) electrons. The zero-order valence-electron chi connectivity index (χ0n) is 14.6. The van der Waals surface area contributed by atoms with Crippen molar-refractivity contribution in [3.8, 4) is 0 Å². The molecule has 0 spiro atoms. The normalized spacial score (nSPS) is 21.9. The first-order chi connectivity index (χ1) is 11.1. The van der Waals surface area contributed by atoms with E-state index >= 15 is 0 Å². The lowest BCUT2D eigenvalue weighted by Crippen LogP contribution is -2.49. The number of amides is 2. The van der Waals surface area contributed by atoms with E-state index in [0.29, 0.717) is 6.42 Å². The Bertz CT molecular complexity index is 399. The van der Waals surface area contributed by atoms with Crippen LogP contribution in [-0.4, -0.2) is 71.9 Å². The first-order valence-corrected chi connectivity index (χ1v) is 10.3. The molecule has 5 nitrogen and oxygen atoms in total. The van der Waals surface area contributed by atoms with Crippen molar-refractivity contribution in [3.05, 3.63) is 0 Å². The maximum absolute atomic E-state index is 12.8. The van der Waals surface area contributed by atoms with E-state index in [4.69, 9.17) is 0 Å². The number of carbonyl (C=O) groups is 2. The summed E-state index contributed by atoms with van der Waals surface area (Å²) < 4.78 is 0. The summed E-state index contributed by atoms with van der Waals surface area (Å²) >= 11 is 1.71. The number of carbonyl (C=O) groups excluding carboxylic acids is 2. The Kier molecular flexibility index (Phi) is 7.70. The van der Waals surface area contributed by atoms with Gasteiger partial charge in [0.15, 0.2) is 0 Å². The average molecular weight is 342 g/mol. The molecule has 1 aliphatic heterocycles. The third kappa shape index (κ3) is 5.68. The van der Waals surface area contributed by atoms with Gasteiger partial charge in [0.25, 0.3) is 0 Å². The molecule has 0 aromatic rings. The van der Waals surface area contributed by atoms with Gasteiger partial charge in [0, 0.05) is 39.1 Å². The minimum absolute atomic E-state index is 0.0996. The van der Waals surface area contributed by atoms with Gasteiger partial charge in [0.05, 0.1) is 0 Å². The molecule has 1 aliphatic carbocycles. The SMILES string of the molecule is CSCC[C@H](NC(C)=O)C(=O)N1CCCN(C2CCCC2)CC1. The van der Waals surface area contributed by atoms with Crippen molar-refractivity contribution < 1.29 is 9.59 Å². The third-order valence-electron chi connectivity index (χ3n) is 4.97. The Balaban J connectivity index is 1.90. The van der Waals surface area contributed by atoms with Crippen LogP contribution in [0, 0.1) is 0 Å². The second-order valence-corrected chi connectivity index (χ2v) is 7.67. The van der Waals surface area contributed by atoms with Crippen LogP contribution in [0.5, 0.6) is 0 Å². The lowest BCUT2D eigenvalue weighted by Gasteiger charge is -2.28. The third-order valence-corrected chi connectivity index (χ3v) is 5.61. The molecular formula is C17H31N3O2S. The topological polar surface area (TPSA) is 52.7 Å². The minimum Gasteiger partial charge on any atom is -0.345 e. The Hall–Kier alpha value is -0.750. The largest absolute Gasteiger partial charge is 0.345 e. The second kappa shape index (κ2) is 9.52. The summed E-state index contributed by atoms with van der Waals surface area (Å²) in [4.78, 5) is 28.8. The van der Waals surface area contributed by atoms with E-state index in [9.17, 15) is 9.59 Å². The molecule has 0 aromatic heterocycles. The Morgan fingerprint density at radius 2 is 1.87 bits per heavy atom. The molecule has 1 heterocycles. The quantitative estimate of drug-likeness (QED) is 0.799. The predicted octanol–water partition coefficient (Wildman–Crippen LogP) is 1.72. The zero-order chi connectivity index (χ0) is 16.7. The first-order valence-electron chi connectivity index (χ1n) is 8.90. The summed E-state index contributed by atoms with van der Waals surface area (Å²) in [6.45, 7) is 5.18. The smallest absolute Gasteiger partial charge is 0.245 e. The maximum Gasteiger partial charge on any atom is 0.245 e. The molecule has 2 fully saturated rings. The molecule has 0 unspecified atom stereocenters. The maximum atomic E-state index is 12.8. The summed E-state index contributed by atoms with van der Waals surface area (Å²) in [5.74, 6) is 0.869. The van der Waals surface area contributed by atoms with Crippen molar-refractivity contribution in [3.63, 3.8) is 0 Å². The van der Waals surface area contributed by atoms with Gasteiger partial charge in [-0.3, -0.25) is 14.5 Å². The fourth-order valence-corrected chi connectivity index (χ4v) is 4.22. The van der Waals surface area contributed by atoms with Crippen molar-refractivity contribution in [2.75, 3.05) is 38.2 Å². The summed E-state index contributed by atoms with van der Waals surface area (Å²) in [6, 6.07) is 0.366. The fraction of sp³-hybridized carbons (Fsp3) is 0.882. The van der Waals surface area contributed by atoms with Crippen molar-refractivity contribution in [2.24, 2.45) is 0 Å². The summed E-state index contributed by atoms with van der Waals surface area (Å²) in [7, 11) is 0. The Morgan fingerprint density at radius 3 is 2.52 bits per heavy atom. The Morgan fingerprint density at radius 1 is 1.13 bits per heavy atom. The highest BCUT2D eigenvalue weighted by Crippen LogP contribution is 2.24. The highest BCUT2D eigenvalue weighted by atomic mass is 32.2. The lowest BCUT2D eigenvalue weighted by molar-refractivity contribution is -0.136. The second-order valence-electron chi connectivity index (χ2n) is 6.69. The van der Waals surface area contributed by atoms with Crippen LogP contribution < -0.4 is 5.32 Å². The fourth-order valence-electron chi connectivity index (χ4n) is 3.75. The molecule has 0 bridgehead atoms. The van der Waals surface area contributed by atoms with E-state index in [1.807, 2.05) is 11.2 Å². The molecular weight excluding hydrogens is 310 g/mol. The first kappa shape index (κ1) is 18.6. The number of nitrogens with one attached hydrogen (secondary N) is 1. The van der Waals surface area contributed by atoms with Crippen LogP contribution in [-0.2, 0) is 9.59 Å². The van der Waals surface area contributed by atoms with Crippen LogP contribution in [0.3, 0.4) is 0 Å². The molecule has 2 amide bonds. The highest BCUT2D eigenvalue weighted by Gasteiger charge is 2.29. The van der Waals surface area contributed by atoms with E-state index in [-0.39, 0.29) is 17.9 Å². The molecule has 132 valence electrons. The number of hydrogen-bond acceptors (Lipinski definition) is 4. The highest BCUT2D eigenvalue weighted by molar-refractivity contribution is 7.98. The van der Waals surface area contributed by atoms with Gasteiger partial charge < -0.3 is 10.2 Å². The Labute approximate surface area is 144 Å². The van der Waals surface area contributed by atoms with E-state index in [1.165, 1.54) is 32.6 Å². The number of hydrogen-bond donors (Lipinski definition) is 1. The van der Waals surface area contributed by atoms with Crippen LogP contribution in [0.15, 0.2) is 0 Å². The van der Waals surface area contributed by atoms with Gasteiger partial charge in [-0.25, -0.2) is 0 Å². The van der Waals surface area contributed by atoms with Gasteiger partial charge >= 0.3 is 0 Å². The van der Waals surface area contributed by atoms with Crippen LogP contribution in [0.4, 0.5) is 0 Å². The molecule has 2 rings (SSSR count). The standard InChI is InChI=1S/C17H31N3O2S/c1-14(21)18-16(8-13-23-2)17(22)20-10-5-9-19(11-12-20)15-6-3-4-7-15/h15-16H,3-13H2,1-2H3,(H,18,21)/t16-/m0/s1. The van der Waals surface area contributed by atoms with Gasteiger partial charge in [0.2, 0.25) is 11.8 Å². The summed E-state index contributed by atoms with van der Waals surface area (Å²) in [5.41, 5.74) is 0. The van der Waals surface area contributed by atoms with Crippen LogP contribution in [0.2, 0.25) is 0 Å². The van der Waals surface area contributed by atoms with Crippen molar-refractivity contribution in [1.82, 2.24) is 15.1 Å². The number of rotatable bonds is 6. The van der Waals surface area contributed by atoms with E-state index < -0.39 is 0 Å². The zero-order valence-corrected chi connectivity index (χ0v) is 15.4. The van der Waals surface area contributed by atoms with Gasteiger partial charge in [-0.1, -0.05) is 12.8 Å². The number of nitrogens with zero attached hydrogens (tertiary/aromatic N) is 2. The molecule has 1 saturated carbocycles. The van der Waals surface area contributed by atoms with E-state index in [0.717, 1.165) is 44.4 Å².